The van der Waals surface area contributed by atoms with Gasteiger partial charge in [0.1, 0.15) is 24.1 Å². The molecule has 0 radical (unpaired) electrons. The van der Waals surface area contributed by atoms with Crippen molar-refractivity contribution < 1.29 is 14.0 Å². The lowest BCUT2D eigenvalue weighted by atomic mass is 10.0. The van der Waals surface area contributed by atoms with Crippen LogP contribution in [0.3, 0.4) is 0 Å². The fraction of sp³-hybridized carbons (Fsp3) is 0.600. The van der Waals surface area contributed by atoms with E-state index in [1.54, 1.807) is 9.80 Å². The quantitative estimate of drug-likeness (QED) is 0.827. The first-order chi connectivity index (χ1) is 9.49. The number of hydrogen-bond donors (Lipinski definition) is 0. The SMILES string of the molecule is Cc1cc(C(C)N2CC(=O)N3CCCC3C2=O)c(C)o1. The lowest BCUT2D eigenvalue weighted by Crippen LogP contribution is -2.57. The zero-order valence-electron chi connectivity index (χ0n) is 12.2. The van der Waals surface area contributed by atoms with Crippen molar-refractivity contribution in [2.24, 2.45) is 0 Å². The maximum absolute atomic E-state index is 12.6. The molecule has 0 spiro atoms. The molecule has 108 valence electrons. The summed E-state index contributed by atoms with van der Waals surface area (Å²) in [6, 6.07) is 1.59. The molecule has 3 heterocycles. The normalized spacial score (nSPS) is 24.2. The Morgan fingerprint density at radius 1 is 1.35 bits per heavy atom. The molecule has 5 nitrogen and oxygen atoms in total. The fourth-order valence-corrected chi connectivity index (χ4v) is 3.39. The first-order valence-electron chi connectivity index (χ1n) is 7.16. The van der Waals surface area contributed by atoms with E-state index >= 15 is 0 Å². The Hall–Kier alpha value is -1.78. The molecule has 5 heteroatoms. The molecular weight excluding hydrogens is 256 g/mol. The second-order valence-electron chi connectivity index (χ2n) is 5.76. The summed E-state index contributed by atoms with van der Waals surface area (Å²) in [5.74, 6) is 1.80. The van der Waals surface area contributed by atoms with Gasteiger partial charge in [0.2, 0.25) is 11.8 Å². The first kappa shape index (κ1) is 13.2. The van der Waals surface area contributed by atoms with Crippen LogP contribution in [0.2, 0.25) is 0 Å². The van der Waals surface area contributed by atoms with E-state index in [1.165, 1.54) is 0 Å². The Morgan fingerprint density at radius 2 is 2.10 bits per heavy atom. The highest BCUT2D eigenvalue weighted by Crippen LogP contribution is 2.31. The summed E-state index contributed by atoms with van der Waals surface area (Å²) in [7, 11) is 0. The van der Waals surface area contributed by atoms with Crippen LogP contribution in [0.25, 0.3) is 0 Å². The summed E-state index contributed by atoms with van der Waals surface area (Å²) < 4.78 is 5.54. The molecule has 3 rings (SSSR count). The smallest absolute Gasteiger partial charge is 0.246 e. The van der Waals surface area contributed by atoms with E-state index in [0.29, 0.717) is 0 Å². The van der Waals surface area contributed by atoms with E-state index in [9.17, 15) is 9.59 Å². The van der Waals surface area contributed by atoms with Crippen LogP contribution in [-0.2, 0) is 9.59 Å². The van der Waals surface area contributed by atoms with E-state index in [4.69, 9.17) is 4.42 Å². The van der Waals surface area contributed by atoms with Crippen molar-refractivity contribution in [3.8, 4) is 0 Å². The van der Waals surface area contributed by atoms with Crippen LogP contribution in [0.15, 0.2) is 10.5 Å². The van der Waals surface area contributed by atoms with E-state index in [0.717, 1.165) is 36.5 Å². The van der Waals surface area contributed by atoms with Crippen molar-refractivity contribution in [3.05, 3.63) is 23.2 Å². The van der Waals surface area contributed by atoms with Crippen molar-refractivity contribution in [1.82, 2.24) is 9.80 Å². The lowest BCUT2D eigenvalue weighted by molar-refractivity contribution is -0.155. The van der Waals surface area contributed by atoms with Crippen molar-refractivity contribution in [3.63, 3.8) is 0 Å². The molecule has 2 aliphatic rings. The molecule has 2 atom stereocenters. The van der Waals surface area contributed by atoms with Crippen LogP contribution < -0.4 is 0 Å². The molecular formula is C15H20N2O3. The molecule has 0 aliphatic carbocycles. The summed E-state index contributed by atoms with van der Waals surface area (Å²) in [4.78, 5) is 28.2. The maximum Gasteiger partial charge on any atom is 0.246 e. The lowest BCUT2D eigenvalue weighted by Gasteiger charge is -2.39. The number of nitrogens with zero attached hydrogens (tertiary/aromatic N) is 2. The maximum atomic E-state index is 12.6. The van der Waals surface area contributed by atoms with Crippen LogP contribution in [-0.4, -0.2) is 40.7 Å². The molecule has 2 amide bonds. The Labute approximate surface area is 118 Å². The number of hydrogen-bond acceptors (Lipinski definition) is 3. The van der Waals surface area contributed by atoms with Gasteiger partial charge < -0.3 is 14.2 Å². The van der Waals surface area contributed by atoms with Crippen LogP contribution in [0, 0.1) is 13.8 Å². The van der Waals surface area contributed by atoms with Gasteiger partial charge in [0.25, 0.3) is 0 Å². The van der Waals surface area contributed by atoms with Crippen LogP contribution in [0.5, 0.6) is 0 Å². The minimum absolute atomic E-state index is 0.0665. The minimum Gasteiger partial charge on any atom is -0.466 e. The molecule has 2 unspecified atom stereocenters. The molecule has 20 heavy (non-hydrogen) atoms. The van der Waals surface area contributed by atoms with Gasteiger partial charge in [-0.25, -0.2) is 0 Å². The van der Waals surface area contributed by atoms with E-state index in [-0.39, 0.29) is 30.4 Å². The zero-order chi connectivity index (χ0) is 14.4. The highest BCUT2D eigenvalue weighted by molar-refractivity contribution is 5.95. The average molecular weight is 276 g/mol. The van der Waals surface area contributed by atoms with Gasteiger partial charge in [-0.05, 0) is 39.7 Å². The van der Waals surface area contributed by atoms with Gasteiger partial charge in [0.15, 0.2) is 0 Å². The van der Waals surface area contributed by atoms with E-state index in [1.807, 2.05) is 26.8 Å². The van der Waals surface area contributed by atoms with Gasteiger partial charge in [-0.3, -0.25) is 9.59 Å². The Bertz CT molecular complexity index is 563. The summed E-state index contributed by atoms with van der Waals surface area (Å²) >= 11 is 0. The monoisotopic (exact) mass is 276 g/mol. The zero-order valence-corrected chi connectivity index (χ0v) is 12.2. The van der Waals surface area contributed by atoms with Crippen LogP contribution in [0.1, 0.15) is 42.9 Å². The number of rotatable bonds is 2. The average Bonchev–Trinajstić information content (AvgIpc) is 3.00. The first-order valence-corrected chi connectivity index (χ1v) is 7.16. The molecule has 2 saturated heterocycles. The molecule has 2 aliphatic heterocycles. The molecule has 1 aromatic heterocycles. The predicted octanol–water partition coefficient (Wildman–Crippen LogP) is 1.79. The number of carbonyl (C=O) groups is 2. The summed E-state index contributed by atoms with van der Waals surface area (Å²) in [6.45, 7) is 6.66. The number of piperazine rings is 1. The molecule has 0 bridgehead atoms. The standard InChI is InChI=1S/C15H20N2O3/c1-9-7-12(11(3)20-9)10(2)17-8-14(18)16-6-4-5-13(16)15(17)19/h7,10,13H,4-6,8H2,1-3H3. The van der Waals surface area contributed by atoms with Gasteiger partial charge in [-0.2, -0.15) is 0 Å². The van der Waals surface area contributed by atoms with Crippen molar-refractivity contribution in [2.75, 3.05) is 13.1 Å². The molecule has 1 aromatic rings. The van der Waals surface area contributed by atoms with Crippen LogP contribution in [0.4, 0.5) is 0 Å². The second kappa shape index (κ2) is 4.65. The van der Waals surface area contributed by atoms with Gasteiger partial charge in [0.05, 0.1) is 6.04 Å². The van der Waals surface area contributed by atoms with E-state index < -0.39 is 0 Å². The molecule has 0 saturated carbocycles. The Kier molecular flexibility index (Phi) is 3.07. The van der Waals surface area contributed by atoms with Gasteiger partial charge >= 0.3 is 0 Å². The predicted molar refractivity (Wildman–Crippen MR) is 73.0 cm³/mol. The van der Waals surface area contributed by atoms with Gasteiger partial charge in [-0.1, -0.05) is 0 Å². The molecule has 0 aromatic carbocycles. The van der Waals surface area contributed by atoms with E-state index in [2.05, 4.69) is 0 Å². The Morgan fingerprint density at radius 3 is 2.75 bits per heavy atom. The third-order valence-corrected chi connectivity index (χ3v) is 4.44. The number of carbonyl (C=O) groups excluding carboxylic acids is 2. The van der Waals surface area contributed by atoms with Gasteiger partial charge in [0, 0.05) is 12.1 Å². The third kappa shape index (κ3) is 1.92. The minimum atomic E-state index is -0.244. The largest absolute Gasteiger partial charge is 0.466 e. The summed E-state index contributed by atoms with van der Waals surface area (Å²) in [5.41, 5.74) is 0.995. The number of furan rings is 1. The number of aryl methyl sites for hydroxylation is 2. The van der Waals surface area contributed by atoms with Crippen molar-refractivity contribution in [1.29, 1.82) is 0 Å². The third-order valence-electron chi connectivity index (χ3n) is 4.44. The molecule has 0 N–H and O–H groups in total. The second-order valence-corrected chi connectivity index (χ2v) is 5.76. The fourth-order valence-electron chi connectivity index (χ4n) is 3.39. The summed E-state index contributed by atoms with van der Waals surface area (Å²) in [6.07, 6.45) is 1.71. The Balaban J connectivity index is 1.88. The highest BCUT2D eigenvalue weighted by atomic mass is 16.3. The summed E-state index contributed by atoms with van der Waals surface area (Å²) in [5, 5.41) is 0. The number of amides is 2. The van der Waals surface area contributed by atoms with Crippen LogP contribution >= 0.6 is 0 Å². The molecule has 2 fully saturated rings. The number of fused-ring (bicyclic) bond motifs is 1. The van der Waals surface area contributed by atoms with Crippen molar-refractivity contribution >= 4 is 11.8 Å². The van der Waals surface area contributed by atoms with Gasteiger partial charge in [-0.15, -0.1) is 0 Å². The topological polar surface area (TPSA) is 53.8 Å². The highest BCUT2D eigenvalue weighted by Gasteiger charge is 2.43. The van der Waals surface area contributed by atoms with Crippen molar-refractivity contribution in [2.45, 2.75) is 45.7 Å².